The Bertz CT molecular complexity index is 737. The third-order valence-electron chi connectivity index (χ3n) is 6.80. The number of hydrogen-bond donors (Lipinski definition) is 11. The number of carbonyl (C=O) groups is 1. The zero-order valence-electron chi connectivity index (χ0n) is 19.7. The van der Waals surface area contributed by atoms with E-state index >= 15 is 0 Å². The summed E-state index contributed by atoms with van der Waals surface area (Å²) in [5.41, 5.74) is 18.1. The quantitative estimate of drug-likeness (QED) is 0.147. The van der Waals surface area contributed by atoms with Crippen molar-refractivity contribution in [2.24, 2.45) is 17.2 Å². The van der Waals surface area contributed by atoms with Crippen molar-refractivity contribution >= 4 is 5.91 Å². The van der Waals surface area contributed by atoms with Gasteiger partial charge in [0, 0.05) is 25.6 Å². The maximum Gasteiger partial charge on any atom is 0.216 e. The first-order chi connectivity index (χ1) is 16.9. The van der Waals surface area contributed by atoms with Gasteiger partial charge in [0.05, 0.1) is 12.6 Å². The molecule has 36 heavy (non-hydrogen) atoms. The van der Waals surface area contributed by atoms with Crippen molar-refractivity contribution in [1.29, 1.82) is 0 Å². The minimum absolute atomic E-state index is 0.0522. The van der Waals surface area contributed by atoms with Gasteiger partial charge in [-0.15, -0.1) is 0 Å². The Labute approximate surface area is 206 Å². The van der Waals surface area contributed by atoms with Crippen LogP contribution in [-0.4, -0.2) is 147 Å². The van der Waals surface area contributed by atoms with Crippen LogP contribution in [0.3, 0.4) is 0 Å². The summed E-state index contributed by atoms with van der Waals surface area (Å²) >= 11 is 0. The van der Waals surface area contributed by atoms with Crippen LogP contribution in [0.4, 0.5) is 0 Å². The Morgan fingerprint density at radius 2 is 1.33 bits per heavy atom. The molecule has 2 saturated heterocycles. The Hall–Kier alpha value is -1.09. The topological polar surface area (TPSA) is 286 Å². The first-order valence-electron chi connectivity index (χ1n) is 11.7. The van der Waals surface area contributed by atoms with E-state index in [0.29, 0.717) is 0 Å². The monoisotopic (exact) mass is 526 g/mol. The standard InChI is InChI=1S/C20H38N4O12/c1-5(26)24-3-8-12(28)14(30)15(31)20(33-8)36-18-7(22)2-6(21)17(16(18)32)35-19-13(29)10(23)11(27)9(4-25)34-19/h6-20,25,27-32H,2-4,21-23H2,1H3,(H,24,26)/t6-,7+,8-,9-,10+,11-,12-,13-,14+,15-,16-,17+,18-,19-,20-/m1/s1. The summed E-state index contributed by atoms with van der Waals surface area (Å²) in [7, 11) is 0. The lowest BCUT2D eigenvalue weighted by atomic mass is 9.84. The number of rotatable bonds is 7. The van der Waals surface area contributed by atoms with Crippen molar-refractivity contribution < 1.29 is 59.5 Å². The van der Waals surface area contributed by atoms with E-state index in [0.717, 1.165) is 0 Å². The summed E-state index contributed by atoms with van der Waals surface area (Å²) in [5, 5.41) is 74.1. The van der Waals surface area contributed by atoms with Gasteiger partial charge in [0.25, 0.3) is 0 Å². The van der Waals surface area contributed by atoms with Gasteiger partial charge in [-0.2, -0.15) is 0 Å². The van der Waals surface area contributed by atoms with Gasteiger partial charge in [0.15, 0.2) is 12.6 Å². The van der Waals surface area contributed by atoms with Crippen LogP contribution in [-0.2, 0) is 23.7 Å². The molecule has 0 bridgehead atoms. The van der Waals surface area contributed by atoms with Crippen LogP contribution < -0.4 is 22.5 Å². The third-order valence-corrected chi connectivity index (χ3v) is 6.80. The molecule has 3 aliphatic rings. The second kappa shape index (κ2) is 12.2. The zero-order valence-corrected chi connectivity index (χ0v) is 19.7. The van der Waals surface area contributed by atoms with Gasteiger partial charge >= 0.3 is 0 Å². The molecule has 1 amide bonds. The van der Waals surface area contributed by atoms with E-state index in [4.69, 9.17) is 36.1 Å². The number of aliphatic hydroxyl groups is 7. The first kappa shape index (κ1) is 29.5. The number of amides is 1. The highest BCUT2D eigenvalue weighted by Gasteiger charge is 2.51. The maximum absolute atomic E-state index is 11.2. The van der Waals surface area contributed by atoms with E-state index in [1.165, 1.54) is 6.92 Å². The van der Waals surface area contributed by atoms with Crippen LogP contribution in [0.5, 0.6) is 0 Å². The average molecular weight is 527 g/mol. The Balaban J connectivity index is 1.72. The maximum atomic E-state index is 11.2. The van der Waals surface area contributed by atoms with E-state index in [9.17, 15) is 40.5 Å². The van der Waals surface area contributed by atoms with Crippen LogP contribution in [0, 0.1) is 0 Å². The molecule has 210 valence electrons. The number of carbonyl (C=O) groups excluding carboxylic acids is 1. The van der Waals surface area contributed by atoms with Crippen LogP contribution in [0.1, 0.15) is 13.3 Å². The van der Waals surface area contributed by atoms with Gasteiger partial charge in [-0.3, -0.25) is 4.79 Å². The van der Waals surface area contributed by atoms with E-state index < -0.39 is 104 Å². The average Bonchev–Trinajstić information content (AvgIpc) is 2.83. The fourth-order valence-corrected chi connectivity index (χ4v) is 4.62. The van der Waals surface area contributed by atoms with E-state index in [-0.39, 0.29) is 13.0 Å². The molecule has 2 heterocycles. The summed E-state index contributed by atoms with van der Waals surface area (Å²) in [5.74, 6) is -0.412. The minimum Gasteiger partial charge on any atom is -0.394 e. The highest BCUT2D eigenvalue weighted by molar-refractivity contribution is 5.72. The van der Waals surface area contributed by atoms with Crippen LogP contribution in [0.2, 0.25) is 0 Å². The molecule has 0 radical (unpaired) electrons. The molecule has 16 nitrogen and oxygen atoms in total. The summed E-state index contributed by atoms with van der Waals surface area (Å²) < 4.78 is 22.4. The molecule has 0 aromatic rings. The first-order valence-corrected chi connectivity index (χ1v) is 11.7. The number of ether oxygens (including phenoxy) is 4. The van der Waals surface area contributed by atoms with E-state index in [2.05, 4.69) is 5.32 Å². The van der Waals surface area contributed by atoms with Gasteiger partial charge < -0.3 is 77.2 Å². The SMILES string of the molecule is CC(=O)NC[C@H]1O[C@H](O[C@H]2[C@H](O)[C@@H](O[C@H]3O[C@H](CO)[C@@H](O)[C@H](N)[C@H]3O)[C@H](N)C[C@@H]2N)[C@H](O)[C@@H](O)[C@@H]1O. The van der Waals surface area contributed by atoms with Crippen molar-refractivity contribution in [2.75, 3.05) is 13.2 Å². The lowest BCUT2D eigenvalue weighted by molar-refractivity contribution is -0.332. The highest BCUT2D eigenvalue weighted by atomic mass is 16.7. The summed E-state index contributed by atoms with van der Waals surface area (Å²) in [6, 6.07) is -2.96. The Morgan fingerprint density at radius 3 is 1.86 bits per heavy atom. The number of hydrogen-bond acceptors (Lipinski definition) is 15. The Morgan fingerprint density at radius 1 is 0.806 bits per heavy atom. The molecule has 1 aliphatic carbocycles. The van der Waals surface area contributed by atoms with Crippen LogP contribution in [0.25, 0.3) is 0 Å². The molecule has 16 heteroatoms. The number of aliphatic hydroxyl groups excluding tert-OH is 7. The van der Waals surface area contributed by atoms with E-state index in [1.807, 2.05) is 0 Å². The molecule has 3 rings (SSSR count). The van der Waals surface area contributed by atoms with Crippen molar-refractivity contribution in [3.63, 3.8) is 0 Å². The van der Waals surface area contributed by atoms with Crippen LogP contribution >= 0.6 is 0 Å². The molecule has 0 spiro atoms. The largest absolute Gasteiger partial charge is 0.394 e. The van der Waals surface area contributed by atoms with Gasteiger partial charge in [-0.05, 0) is 6.42 Å². The molecule has 0 aromatic carbocycles. The molecule has 2 aliphatic heterocycles. The van der Waals surface area contributed by atoms with Gasteiger partial charge in [-0.1, -0.05) is 0 Å². The van der Waals surface area contributed by atoms with Crippen molar-refractivity contribution in [3.05, 3.63) is 0 Å². The normalized spacial score (nSPS) is 50.0. The third kappa shape index (κ3) is 6.13. The molecular formula is C20H38N4O12. The minimum atomic E-state index is -1.73. The molecule has 0 unspecified atom stereocenters. The summed E-state index contributed by atoms with van der Waals surface area (Å²) in [6.45, 7) is 0.450. The predicted molar refractivity (Wildman–Crippen MR) is 117 cm³/mol. The van der Waals surface area contributed by atoms with E-state index in [1.54, 1.807) is 0 Å². The molecule has 3 fully saturated rings. The lowest BCUT2D eigenvalue weighted by Crippen LogP contribution is -2.68. The fraction of sp³-hybridized carbons (Fsp3) is 0.950. The number of nitrogens with one attached hydrogen (secondary N) is 1. The molecule has 14 N–H and O–H groups in total. The number of nitrogens with two attached hydrogens (primary N) is 3. The fourth-order valence-electron chi connectivity index (χ4n) is 4.62. The van der Waals surface area contributed by atoms with Gasteiger partial charge in [-0.25, -0.2) is 0 Å². The molecular weight excluding hydrogens is 488 g/mol. The van der Waals surface area contributed by atoms with Crippen molar-refractivity contribution in [3.8, 4) is 0 Å². The molecule has 1 saturated carbocycles. The van der Waals surface area contributed by atoms with Gasteiger partial charge in [0.1, 0.15) is 61.0 Å². The molecule has 0 aromatic heterocycles. The second-order valence-electron chi connectivity index (χ2n) is 9.49. The van der Waals surface area contributed by atoms with Crippen molar-refractivity contribution in [1.82, 2.24) is 5.32 Å². The molecule has 15 atom stereocenters. The second-order valence-corrected chi connectivity index (χ2v) is 9.49. The summed E-state index contributed by atoms with van der Waals surface area (Å²) in [6.07, 6.45) is -17.1. The van der Waals surface area contributed by atoms with Gasteiger partial charge in [0.2, 0.25) is 5.91 Å². The van der Waals surface area contributed by atoms with Crippen LogP contribution in [0.15, 0.2) is 0 Å². The summed E-state index contributed by atoms with van der Waals surface area (Å²) in [4.78, 5) is 11.2. The smallest absolute Gasteiger partial charge is 0.216 e. The highest BCUT2D eigenvalue weighted by Crippen LogP contribution is 2.31. The predicted octanol–water partition coefficient (Wildman–Crippen LogP) is -7.11. The zero-order chi connectivity index (χ0) is 26.9. The Kier molecular flexibility index (Phi) is 9.97. The van der Waals surface area contributed by atoms with Crippen molar-refractivity contribution in [2.45, 2.75) is 105 Å². The lowest BCUT2D eigenvalue weighted by Gasteiger charge is -2.48.